The van der Waals surface area contributed by atoms with Crippen molar-refractivity contribution >= 4 is 17.7 Å². The summed E-state index contributed by atoms with van der Waals surface area (Å²) in [5.74, 6) is -0.275. The second kappa shape index (κ2) is 8.67. The second-order valence-corrected chi connectivity index (χ2v) is 7.39. The van der Waals surface area contributed by atoms with E-state index in [-0.39, 0.29) is 18.3 Å². The number of hydrogen-bond donors (Lipinski definition) is 2. The number of rotatable bonds is 5. The predicted octanol–water partition coefficient (Wildman–Crippen LogP) is 2.83. The number of piperazine rings is 1. The summed E-state index contributed by atoms with van der Waals surface area (Å²) in [7, 11) is 0. The van der Waals surface area contributed by atoms with Crippen LogP contribution in [0.25, 0.3) is 0 Å². The number of benzene rings is 1. The molecule has 0 saturated carbocycles. The van der Waals surface area contributed by atoms with Gasteiger partial charge in [-0.15, -0.1) is 0 Å². The van der Waals surface area contributed by atoms with E-state index in [4.69, 9.17) is 11.6 Å². The summed E-state index contributed by atoms with van der Waals surface area (Å²) >= 11 is 6.16. The van der Waals surface area contributed by atoms with Gasteiger partial charge in [0.05, 0.1) is 6.54 Å². The molecule has 0 radical (unpaired) electrons. The van der Waals surface area contributed by atoms with Crippen molar-refractivity contribution in [1.82, 2.24) is 14.4 Å². The molecule has 2 aromatic rings. The van der Waals surface area contributed by atoms with Gasteiger partial charge >= 0.3 is 6.09 Å². The Kier molecular flexibility index (Phi) is 6.26. The van der Waals surface area contributed by atoms with Gasteiger partial charge < -0.3 is 19.7 Å². The molecular weight excluding hydrogens is 382 g/mol. The molecule has 2 heterocycles. The van der Waals surface area contributed by atoms with Crippen molar-refractivity contribution in [3.63, 3.8) is 0 Å². The highest BCUT2D eigenvalue weighted by molar-refractivity contribution is 6.31. The lowest BCUT2D eigenvalue weighted by molar-refractivity contribution is 0.0626. The lowest BCUT2D eigenvalue weighted by Crippen LogP contribution is -2.54. The molecule has 0 spiro atoms. The summed E-state index contributed by atoms with van der Waals surface area (Å²) in [6, 6.07) is 8.92. The van der Waals surface area contributed by atoms with Crippen LogP contribution < -0.4 is 5.56 Å². The molecule has 1 aliphatic rings. The first-order valence-electron chi connectivity index (χ1n) is 9.27. The van der Waals surface area contributed by atoms with Crippen molar-refractivity contribution in [2.45, 2.75) is 32.5 Å². The molecule has 1 aliphatic heterocycles. The van der Waals surface area contributed by atoms with Gasteiger partial charge in [0.25, 0.3) is 5.56 Å². The quantitative estimate of drug-likeness (QED) is 0.798. The zero-order chi connectivity index (χ0) is 20.3. The molecule has 28 heavy (non-hydrogen) atoms. The smallest absolute Gasteiger partial charge is 0.407 e. The molecule has 0 aliphatic carbocycles. The summed E-state index contributed by atoms with van der Waals surface area (Å²) in [5, 5.41) is 20.3. The minimum Gasteiger partial charge on any atom is -0.503 e. The fraction of sp³-hybridized carbons (Fsp3) is 0.400. The van der Waals surface area contributed by atoms with Crippen molar-refractivity contribution in [3.05, 3.63) is 63.0 Å². The van der Waals surface area contributed by atoms with Crippen molar-refractivity contribution in [2.75, 3.05) is 19.6 Å². The number of halogens is 1. The molecule has 1 unspecified atom stereocenters. The van der Waals surface area contributed by atoms with Crippen molar-refractivity contribution in [1.29, 1.82) is 0 Å². The van der Waals surface area contributed by atoms with Crippen molar-refractivity contribution in [2.24, 2.45) is 0 Å². The van der Waals surface area contributed by atoms with Gasteiger partial charge in [-0.25, -0.2) is 4.79 Å². The summed E-state index contributed by atoms with van der Waals surface area (Å²) in [6.45, 7) is 4.19. The first kappa shape index (κ1) is 20.2. The summed E-state index contributed by atoms with van der Waals surface area (Å²) in [6.07, 6.45) is 1.47. The molecule has 8 heteroatoms. The molecule has 0 bridgehead atoms. The van der Waals surface area contributed by atoms with Crippen molar-refractivity contribution < 1.29 is 15.0 Å². The number of carboxylic acid groups (broad SMARTS) is 1. The molecule has 2 N–H and O–H groups in total. The Morgan fingerprint density at radius 2 is 1.93 bits per heavy atom. The number of aromatic hydroxyl groups is 1. The van der Waals surface area contributed by atoms with Crippen LogP contribution in [0.1, 0.15) is 24.5 Å². The van der Waals surface area contributed by atoms with Crippen LogP contribution in [-0.4, -0.2) is 56.3 Å². The van der Waals surface area contributed by atoms with Gasteiger partial charge in [-0.3, -0.25) is 9.69 Å². The number of aromatic nitrogens is 1. The van der Waals surface area contributed by atoms with E-state index in [1.165, 1.54) is 9.47 Å². The highest BCUT2D eigenvalue weighted by atomic mass is 35.5. The van der Waals surface area contributed by atoms with E-state index in [1.54, 1.807) is 18.3 Å². The number of hydrogen-bond acceptors (Lipinski definition) is 4. The maximum atomic E-state index is 12.6. The SMILES string of the molecule is CCC1CN(Cc2ccn(Cc3ccccc3Cl)c(=O)c2O)CCN1C(=O)O. The normalized spacial score (nSPS) is 17.6. The Balaban J connectivity index is 1.74. The molecular formula is C20H24ClN3O4. The number of carbonyl (C=O) groups is 1. The first-order valence-corrected chi connectivity index (χ1v) is 9.65. The van der Waals surface area contributed by atoms with Crippen LogP contribution in [0, 0.1) is 0 Å². The van der Waals surface area contributed by atoms with E-state index in [9.17, 15) is 19.8 Å². The predicted molar refractivity (Wildman–Crippen MR) is 107 cm³/mol. The largest absolute Gasteiger partial charge is 0.503 e. The highest BCUT2D eigenvalue weighted by Crippen LogP contribution is 2.20. The Bertz CT molecular complexity index is 915. The molecule has 1 saturated heterocycles. The molecule has 1 amide bonds. The minimum atomic E-state index is -0.906. The first-order chi connectivity index (χ1) is 13.4. The summed E-state index contributed by atoms with van der Waals surface area (Å²) in [5.41, 5.74) is 0.877. The average Bonchev–Trinajstić information content (AvgIpc) is 2.69. The third kappa shape index (κ3) is 4.31. The molecule has 7 nitrogen and oxygen atoms in total. The van der Waals surface area contributed by atoms with Crippen LogP contribution >= 0.6 is 11.6 Å². The van der Waals surface area contributed by atoms with Gasteiger partial charge in [0.15, 0.2) is 5.75 Å². The molecule has 1 atom stereocenters. The average molecular weight is 406 g/mol. The summed E-state index contributed by atoms with van der Waals surface area (Å²) < 4.78 is 1.43. The Morgan fingerprint density at radius 1 is 1.18 bits per heavy atom. The molecule has 3 rings (SSSR count). The fourth-order valence-corrected chi connectivity index (χ4v) is 3.76. The van der Waals surface area contributed by atoms with Gasteiger partial charge in [-0.1, -0.05) is 36.7 Å². The van der Waals surface area contributed by atoms with Crippen LogP contribution in [0.2, 0.25) is 5.02 Å². The van der Waals surface area contributed by atoms with E-state index in [1.807, 2.05) is 25.1 Å². The van der Waals surface area contributed by atoms with Crippen LogP contribution in [0.4, 0.5) is 4.79 Å². The van der Waals surface area contributed by atoms with Crippen LogP contribution in [-0.2, 0) is 13.1 Å². The highest BCUT2D eigenvalue weighted by Gasteiger charge is 2.29. The standard InChI is InChI=1S/C20H24ClN3O4/c1-2-16-13-22(9-10-24(16)20(27)28)11-15-7-8-23(19(26)18(15)25)12-14-5-3-4-6-17(14)21/h3-8,16,25H,2,9-13H2,1H3,(H,27,28). The van der Waals surface area contributed by atoms with Gasteiger partial charge in [-0.2, -0.15) is 0 Å². The van der Waals surface area contributed by atoms with Gasteiger partial charge in [0.1, 0.15) is 0 Å². The minimum absolute atomic E-state index is 0.0889. The Labute approximate surface area is 168 Å². The zero-order valence-corrected chi connectivity index (χ0v) is 16.5. The lowest BCUT2D eigenvalue weighted by atomic mass is 10.1. The van der Waals surface area contributed by atoms with Crippen LogP contribution in [0.3, 0.4) is 0 Å². The molecule has 150 valence electrons. The third-order valence-corrected chi connectivity index (χ3v) is 5.57. The van der Waals surface area contributed by atoms with Crippen LogP contribution in [0.5, 0.6) is 5.75 Å². The maximum Gasteiger partial charge on any atom is 0.407 e. The second-order valence-electron chi connectivity index (χ2n) is 6.99. The number of nitrogens with zero attached hydrogens (tertiary/aromatic N) is 3. The van der Waals surface area contributed by atoms with Gasteiger partial charge in [0.2, 0.25) is 0 Å². The van der Waals surface area contributed by atoms with E-state index < -0.39 is 11.7 Å². The maximum absolute atomic E-state index is 12.6. The van der Waals surface area contributed by atoms with E-state index >= 15 is 0 Å². The Morgan fingerprint density at radius 3 is 2.61 bits per heavy atom. The van der Waals surface area contributed by atoms with E-state index in [0.29, 0.717) is 43.2 Å². The molecule has 1 fully saturated rings. The Hall–Kier alpha value is -2.51. The van der Waals surface area contributed by atoms with Crippen molar-refractivity contribution in [3.8, 4) is 5.75 Å². The van der Waals surface area contributed by atoms with E-state index in [2.05, 4.69) is 4.90 Å². The molecule has 1 aromatic carbocycles. The monoisotopic (exact) mass is 405 g/mol. The van der Waals surface area contributed by atoms with Gasteiger partial charge in [-0.05, 0) is 24.1 Å². The zero-order valence-electron chi connectivity index (χ0n) is 15.7. The topological polar surface area (TPSA) is 86.0 Å². The third-order valence-electron chi connectivity index (χ3n) is 5.20. The lowest BCUT2D eigenvalue weighted by Gasteiger charge is -2.39. The number of pyridine rings is 1. The fourth-order valence-electron chi connectivity index (χ4n) is 3.57. The molecule has 1 aromatic heterocycles. The van der Waals surface area contributed by atoms with Crippen LogP contribution in [0.15, 0.2) is 41.3 Å². The number of amides is 1. The summed E-state index contributed by atoms with van der Waals surface area (Å²) in [4.78, 5) is 27.4. The van der Waals surface area contributed by atoms with Gasteiger partial charge in [0, 0.05) is 49.0 Å². The van der Waals surface area contributed by atoms with E-state index in [0.717, 1.165) is 5.56 Å².